The van der Waals surface area contributed by atoms with Crippen LogP contribution >= 0.6 is 0 Å². The normalized spacial score (nSPS) is 22.4. The molecule has 2 unspecified atom stereocenters. The summed E-state index contributed by atoms with van der Waals surface area (Å²) < 4.78 is 5.44. The number of rotatable bonds is 10. The largest absolute Gasteiger partial charge is 0.379 e. The third-order valence-electron chi connectivity index (χ3n) is 3.79. The van der Waals surface area contributed by atoms with Crippen molar-refractivity contribution in [1.29, 1.82) is 0 Å². The fraction of sp³-hybridized carbons (Fsp3) is 0.933. The van der Waals surface area contributed by atoms with Gasteiger partial charge in [0.05, 0.1) is 19.1 Å². The summed E-state index contributed by atoms with van der Waals surface area (Å²) in [6, 6.07) is 0.174. The second-order valence-electron chi connectivity index (χ2n) is 5.43. The minimum absolute atomic E-state index is 0.0391. The SMILES string of the molecule is CCCNC1COCC1C(=O)NCCN(CC)CCC. The first-order chi connectivity index (χ1) is 9.72. The van der Waals surface area contributed by atoms with Gasteiger partial charge in [0.25, 0.3) is 0 Å². The van der Waals surface area contributed by atoms with E-state index in [0.29, 0.717) is 13.2 Å². The number of hydrogen-bond donors (Lipinski definition) is 2. The van der Waals surface area contributed by atoms with E-state index in [4.69, 9.17) is 4.74 Å². The van der Waals surface area contributed by atoms with Crippen molar-refractivity contribution >= 4 is 5.91 Å². The van der Waals surface area contributed by atoms with Gasteiger partial charge in [-0.25, -0.2) is 0 Å². The highest BCUT2D eigenvalue weighted by Gasteiger charge is 2.33. The molecule has 118 valence electrons. The standard InChI is InChI=1S/C15H31N3O2/c1-4-7-16-14-12-20-11-13(14)15(19)17-8-10-18(6-3)9-5-2/h13-14,16H,4-12H2,1-3H3,(H,17,19). The topological polar surface area (TPSA) is 53.6 Å². The zero-order valence-electron chi connectivity index (χ0n) is 13.3. The molecule has 1 aliphatic heterocycles. The molecule has 0 bridgehead atoms. The first-order valence-electron chi connectivity index (χ1n) is 8.04. The lowest BCUT2D eigenvalue weighted by Gasteiger charge is -2.21. The van der Waals surface area contributed by atoms with Crippen molar-refractivity contribution in [1.82, 2.24) is 15.5 Å². The minimum atomic E-state index is -0.0391. The van der Waals surface area contributed by atoms with E-state index in [2.05, 4.69) is 36.3 Å². The van der Waals surface area contributed by atoms with Crippen molar-refractivity contribution < 1.29 is 9.53 Å². The summed E-state index contributed by atoms with van der Waals surface area (Å²) in [5, 5.41) is 6.45. The average Bonchev–Trinajstić information content (AvgIpc) is 2.92. The van der Waals surface area contributed by atoms with Crippen molar-refractivity contribution in [2.24, 2.45) is 5.92 Å². The molecular formula is C15H31N3O2. The number of amides is 1. The van der Waals surface area contributed by atoms with Crippen LogP contribution in [0.4, 0.5) is 0 Å². The maximum Gasteiger partial charge on any atom is 0.227 e. The Morgan fingerprint density at radius 1 is 1.15 bits per heavy atom. The van der Waals surface area contributed by atoms with Gasteiger partial charge in [0, 0.05) is 19.1 Å². The Balaban J connectivity index is 2.27. The van der Waals surface area contributed by atoms with Gasteiger partial charge < -0.3 is 20.3 Å². The predicted octanol–water partition coefficient (Wildman–Crippen LogP) is 0.849. The van der Waals surface area contributed by atoms with Gasteiger partial charge in [0.1, 0.15) is 0 Å². The van der Waals surface area contributed by atoms with Crippen LogP contribution in [0.15, 0.2) is 0 Å². The Morgan fingerprint density at radius 3 is 2.60 bits per heavy atom. The molecule has 5 heteroatoms. The number of hydrogen-bond acceptors (Lipinski definition) is 4. The average molecular weight is 285 g/mol. The van der Waals surface area contributed by atoms with E-state index in [1.165, 1.54) is 0 Å². The van der Waals surface area contributed by atoms with Crippen LogP contribution in [0.2, 0.25) is 0 Å². The van der Waals surface area contributed by atoms with Crippen LogP contribution in [-0.4, -0.2) is 62.8 Å². The Bertz CT molecular complexity index is 274. The van der Waals surface area contributed by atoms with Gasteiger partial charge in [-0.1, -0.05) is 20.8 Å². The van der Waals surface area contributed by atoms with Gasteiger partial charge in [0.2, 0.25) is 5.91 Å². The smallest absolute Gasteiger partial charge is 0.227 e. The Morgan fingerprint density at radius 2 is 1.95 bits per heavy atom. The fourth-order valence-electron chi connectivity index (χ4n) is 2.56. The summed E-state index contributed by atoms with van der Waals surface area (Å²) in [5.41, 5.74) is 0. The predicted molar refractivity (Wildman–Crippen MR) is 81.8 cm³/mol. The van der Waals surface area contributed by atoms with Gasteiger partial charge >= 0.3 is 0 Å². The van der Waals surface area contributed by atoms with Crippen molar-refractivity contribution in [3.05, 3.63) is 0 Å². The lowest BCUT2D eigenvalue weighted by molar-refractivity contribution is -0.125. The van der Waals surface area contributed by atoms with E-state index in [9.17, 15) is 4.79 Å². The Kier molecular flexibility index (Phi) is 8.82. The molecule has 2 N–H and O–H groups in total. The molecule has 1 amide bonds. The lowest BCUT2D eigenvalue weighted by Crippen LogP contribution is -2.45. The monoisotopic (exact) mass is 285 g/mol. The van der Waals surface area contributed by atoms with Gasteiger partial charge in [-0.05, 0) is 32.5 Å². The highest BCUT2D eigenvalue weighted by atomic mass is 16.5. The first kappa shape index (κ1) is 17.4. The Labute approximate surface area is 123 Å². The second-order valence-corrected chi connectivity index (χ2v) is 5.43. The van der Waals surface area contributed by atoms with Crippen molar-refractivity contribution in [2.45, 2.75) is 39.7 Å². The number of carbonyl (C=O) groups is 1. The zero-order chi connectivity index (χ0) is 14.8. The van der Waals surface area contributed by atoms with Gasteiger partial charge in [-0.3, -0.25) is 4.79 Å². The fourth-order valence-corrected chi connectivity index (χ4v) is 2.56. The number of nitrogens with zero attached hydrogens (tertiary/aromatic N) is 1. The van der Waals surface area contributed by atoms with Gasteiger partial charge in [0.15, 0.2) is 0 Å². The first-order valence-corrected chi connectivity index (χ1v) is 8.04. The highest BCUT2D eigenvalue weighted by molar-refractivity contribution is 5.79. The molecule has 0 saturated carbocycles. The van der Waals surface area contributed by atoms with E-state index in [1.807, 2.05) is 0 Å². The summed E-state index contributed by atoms with van der Waals surface area (Å²) in [6.45, 7) is 12.4. The van der Waals surface area contributed by atoms with E-state index >= 15 is 0 Å². The van der Waals surface area contributed by atoms with Gasteiger partial charge in [-0.15, -0.1) is 0 Å². The zero-order valence-corrected chi connectivity index (χ0v) is 13.3. The quantitative estimate of drug-likeness (QED) is 0.625. The van der Waals surface area contributed by atoms with E-state index in [0.717, 1.165) is 45.6 Å². The van der Waals surface area contributed by atoms with E-state index in [1.54, 1.807) is 0 Å². The summed E-state index contributed by atoms with van der Waals surface area (Å²) in [5.74, 6) is 0.0893. The summed E-state index contributed by atoms with van der Waals surface area (Å²) >= 11 is 0. The highest BCUT2D eigenvalue weighted by Crippen LogP contribution is 2.13. The van der Waals surface area contributed by atoms with Crippen LogP contribution in [0.3, 0.4) is 0 Å². The van der Waals surface area contributed by atoms with Crippen LogP contribution in [0.1, 0.15) is 33.6 Å². The molecule has 1 heterocycles. The molecule has 0 radical (unpaired) electrons. The number of nitrogens with one attached hydrogen (secondary N) is 2. The van der Waals surface area contributed by atoms with Crippen molar-refractivity contribution in [3.8, 4) is 0 Å². The third-order valence-corrected chi connectivity index (χ3v) is 3.79. The third kappa shape index (κ3) is 5.77. The molecule has 1 rings (SSSR count). The molecule has 1 aliphatic rings. The number of ether oxygens (including phenoxy) is 1. The van der Waals surface area contributed by atoms with Crippen LogP contribution in [-0.2, 0) is 9.53 Å². The molecule has 1 fully saturated rings. The van der Waals surface area contributed by atoms with Crippen molar-refractivity contribution in [2.75, 3.05) is 45.9 Å². The molecule has 0 spiro atoms. The summed E-state index contributed by atoms with van der Waals surface area (Å²) in [4.78, 5) is 14.6. The summed E-state index contributed by atoms with van der Waals surface area (Å²) in [6.07, 6.45) is 2.23. The van der Waals surface area contributed by atoms with Crippen LogP contribution < -0.4 is 10.6 Å². The second kappa shape index (κ2) is 10.1. The molecule has 0 aromatic carbocycles. The molecule has 1 saturated heterocycles. The Hall–Kier alpha value is -0.650. The number of likely N-dealkylation sites (N-methyl/N-ethyl adjacent to an activating group) is 1. The van der Waals surface area contributed by atoms with E-state index in [-0.39, 0.29) is 17.9 Å². The molecule has 5 nitrogen and oxygen atoms in total. The lowest BCUT2D eigenvalue weighted by atomic mass is 10.0. The van der Waals surface area contributed by atoms with Gasteiger partial charge in [-0.2, -0.15) is 0 Å². The summed E-state index contributed by atoms with van der Waals surface area (Å²) in [7, 11) is 0. The van der Waals surface area contributed by atoms with Crippen LogP contribution in [0, 0.1) is 5.92 Å². The number of carbonyl (C=O) groups excluding carboxylic acids is 1. The van der Waals surface area contributed by atoms with Crippen LogP contribution in [0.5, 0.6) is 0 Å². The minimum Gasteiger partial charge on any atom is -0.379 e. The molecule has 0 aromatic heterocycles. The molecule has 2 atom stereocenters. The van der Waals surface area contributed by atoms with Crippen LogP contribution in [0.25, 0.3) is 0 Å². The maximum absolute atomic E-state index is 12.2. The molecule has 20 heavy (non-hydrogen) atoms. The molecular weight excluding hydrogens is 254 g/mol. The molecule has 0 aromatic rings. The molecule has 0 aliphatic carbocycles. The van der Waals surface area contributed by atoms with Crippen molar-refractivity contribution in [3.63, 3.8) is 0 Å². The maximum atomic E-state index is 12.2. The van der Waals surface area contributed by atoms with E-state index < -0.39 is 0 Å².